The molecule has 0 saturated heterocycles. The van der Waals surface area contributed by atoms with Gasteiger partial charge in [0.2, 0.25) is 5.95 Å². The van der Waals surface area contributed by atoms with E-state index in [1.165, 1.54) is 19.3 Å². The van der Waals surface area contributed by atoms with Crippen molar-refractivity contribution in [3.05, 3.63) is 76.6 Å². The predicted molar refractivity (Wildman–Crippen MR) is 119 cm³/mol. The van der Waals surface area contributed by atoms with Crippen LogP contribution in [0.15, 0.2) is 54.7 Å². The Morgan fingerprint density at radius 3 is 2.53 bits per heavy atom. The Morgan fingerprint density at radius 2 is 1.75 bits per heavy atom. The van der Waals surface area contributed by atoms with Crippen molar-refractivity contribution in [1.29, 1.82) is 0 Å². The first-order valence-electron chi connectivity index (χ1n) is 9.51. The average Bonchev–Trinajstić information content (AvgIpc) is 2.78. The zero-order chi connectivity index (χ0) is 22.7. The highest BCUT2D eigenvalue weighted by molar-refractivity contribution is 6.34. The van der Waals surface area contributed by atoms with Gasteiger partial charge < -0.3 is 10.1 Å². The number of aryl methyl sites for hydroxylation is 1. The third-order valence-corrected chi connectivity index (χ3v) is 4.76. The second kappa shape index (κ2) is 8.94. The quantitative estimate of drug-likeness (QED) is 0.476. The van der Waals surface area contributed by atoms with E-state index in [4.69, 9.17) is 16.3 Å². The number of halogens is 1. The summed E-state index contributed by atoms with van der Waals surface area (Å²) >= 11 is 6.15. The highest BCUT2D eigenvalue weighted by Crippen LogP contribution is 2.25. The van der Waals surface area contributed by atoms with E-state index < -0.39 is 5.91 Å². The van der Waals surface area contributed by atoms with Crippen LogP contribution < -0.4 is 15.4 Å². The second-order valence-electron chi connectivity index (χ2n) is 6.78. The lowest BCUT2D eigenvalue weighted by Crippen LogP contribution is -2.18. The summed E-state index contributed by atoms with van der Waals surface area (Å²) in [4.78, 5) is 32.5. The van der Waals surface area contributed by atoms with Crippen LogP contribution in [0.1, 0.15) is 26.4 Å². The van der Waals surface area contributed by atoms with Crippen LogP contribution in [-0.4, -0.2) is 39.0 Å². The molecule has 160 valence electrons. The van der Waals surface area contributed by atoms with E-state index in [0.29, 0.717) is 33.1 Å². The number of rotatable bonds is 5. The normalized spacial score (nSPS) is 10.6. The summed E-state index contributed by atoms with van der Waals surface area (Å²) in [7, 11) is 1.53. The molecule has 0 fully saturated rings. The number of aromatic nitrogens is 4. The molecule has 9 nitrogen and oxygen atoms in total. The minimum atomic E-state index is -0.430. The van der Waals surface area contributed by atoms with Crippen molar-refractivity contribution in [3.63, 3.8) is 0 Å². The summed E-state index contributed by atoms with van der Waals surface area (Å²) < 4.78 is 5.80. The lowest BCUT2D eigenvalue weighted by molar-refractivity contribution is 0.0957. The van der Waals surface area contributed by atoms with Gasteiger partial charge in [-0.15, -0.1) is 10.2 Å². The molecule has 0 unspecified atom stereocenters. The van der Waals surface area contributed by atoms with Crippen LogP contribution in [0.5, 0.6) is 11.5 Å². The number of hydrogen-bond acceptors (Lipinski definition) is 7. The molecule has 2 heterocycles. The number of carbonyl (C=O) groups is 2. The minimum Gasteiger partial charge on any atom is -0.457 e. The molecule has 0 radical (unpaired) electrons. The molecule has 2 aromatic carbocycles. The Hall–Kier alpha value is -4.11. The molecule has 0 aliphatic rings. The first-order valence-corrected chi connectivity index (χ1v) is 9.89. The van der Waals surface area contributed by atoms with Gasteiger partial charge in [0.1, 0.15) is 22.7 Å². The molecule has 0 saturated carbocycles. The number of amides is 2. The van der Waals surface area contributed by atoms with E-state index in [1.807, 2.05) is 6.92 Å². The van der Waals surface area contributed by atoms with Crippen LogP contribution in [0, 0.1) is 6.92 Å². The van der Waals surface area contributed by atoms with Gasteiger partial charge in [0.05, 0.1) is 16.1 Å². The molecule has 10 heteroatoms. The molecule has 0 aliphatic carbocycles. The van der Waals surface area contributed by atoms with Crippen LogP contribution in [0.2, 0.25) is 5.02 Å². The van der Waals surface area contributed by atoms with Gasteiger partial charge in [-0.05, 0) is 42.8 Å². The third-order valence-electron chi connectivity index (χ3n) is 4.45. The Bertz CT molecular complexity index is 1340. The van der Waals surface area contributed by atoms with Gasteiger partial charge in [-0.2, -0.15) is 0 Å². The fraction of sp³-hybridized carbons (Fsp3) is 0.0909. The molecule has 2 amide bonds. The van der Waals surface area contributed by atoms with Crippen molar-refractivity contribution in [3.8, 4) is 11.5 Å². The van der Waals surface area contributed by atoms with Crippen molar-refractivity contribution >= 4 is 40.4 Å². The number of nitrogens with zero attached hydrogens (tertiary/aromatic N) is 4. The van der Waals surface area contributed by atoms with Gasteiger partial charge in [-0.1, -0.05) is 17.7 Å². The molecule has 2 aromatic heterocycles. The third kappa shape index (κ3) is 4.62. The van der Waals surface area contributed by atoms with Crippen LogP contribution in [0.3, 0.4) is 0 Å². The Balaban J connectivity index is 1.52. The SMILES string of the molecule is CNC(=O)c1cc(Oc2ccc3nc(NC(=O)c4ccc(C)cc4Cl)nnc3c2)ccn1. The van der Waals surface area contributed by atoms with Crippen molar-refractivity contribution in [1.82, 2.24) is 25.5 Å². The van der Waals surface area contributed by atoms with Gasteiger partial charge in [0.15, 0.2) is 0 Å². The fourth-order valence-electron chi connectivity index (χ4n) is 2.87. The molecular weight excluding hydrogens is 432 g/mol. The van der Waals surface area contributed by atoms with Crippen LogP contribution in [-0.2, 0) is 0 Å². The molecule has 32 heavy (non-hydrogen) atoms. The number of pyridine rings is 1. The number of anilines is 1. The van der Waals surface area contributed by atoms with Crippen LogP contribution in [0.4, 0.5) is 5.95 Å². The Labute approximate surface area is 187 Å². The zero-order valence-corrected chi connectivity index (χ0v) is 17.8. The second-order valence-corrected chi connectivity index (χ2v) is 7.19. The van der Waals surface area contributed by atoms with Gasteiger partial charge >= 0.3 is 0 Å². The van der Waals surface area contributed by atoms with E-state index in [0.717, 1.165) is 5.56 Å². The zero-order valence-electron chi connectivity index (χ0n) is 17.1. The van der Waals surface area contributed by atoms with E-state index >= 15 is 0 Å². The summed E-state index contributed by atoms with van der Waals surface area (Å²) in [6.45, 7) is 1.89. The van der Waals surface area contributed by atoms with Crippen molar-refractivity contribution < 1.29 is 14.3 Å². The van der Waals surface area contributed by atoms with Crippen LogP contribution in [0.25, 0.3) is 11.0 Å². The van der Waals surface area contributed by atoms with E-state index in [2.05, 4.69) is 30.8 Å². The van der Waals surface area contributed by atoms with Gasteiger partial charge in [0.25, 0.3) is 11.8 Å². The molecule has 0 atom stereocenters. The first kappa shape index (κ1) is 21.1. The number of ether oxygens (including phenoxy) is 1. The van der Waals surface area contributed by atoms with Gasteiger partial charge in [-0.3, -0.25) is 19.9 Å². The van der Waals surface area contributed by atoms with Gasteiger partial charge in [-0.25, -0.2) is 4.98 Å². The Morgan fingerprint density at radius 1 is 0.938 bits per heavy atom. The molecule has 0 aliphatic heterocycles. The van der Waals surface area contributed by atoms with E-state index in [-0.39, 0.29) is 17.5 Å². The maximum atomic E-state index is 12.5. The first-order chi connectivity index (χ1) is 15.4. The molecule has 4 rings (SSSR count). The molecule has 0 bridgehead atoms. The molecule has 4 aromatic rings. The number of fused-ring (bicyclic) bond motifs is 1. The monoisotopic (exact) mass is 448 g/mol. The predicted octanol–water partition coefficient (Wildman–Crippen LogP) is 3.79. The summed E-state index contributed by atoms with van der Waals surface area (Å²) in [5.41, 5.74) is 2.48. The number of hydrogen-bond donors (Lipinski definition) is 2. The highest BCUT2D eigenvalue weighted by Gasteiger charge is 2.13. The number of benzene rings is 2. The summed E-state index contributed by atoms with van der Waals surface area (Å²) in [6.07, 6.45) is 1.48. The fourth-order valence-corrected chi connectivity index (χ4v) is 3.19. The molecular formula is C22H17ClN6O3. The van der Waals surface area contributed by atoms with Crippen LogP contribution >= 0.6 is 11.6 Å². The van der Waals surface area contributed by atoms with E-state index in [9.17, 15) is 9.59 Å². The number of carbonyl (C=O) groups excluding carboxylic acids is 2. The number of nitrogens with one attached hydrogen (secondary N) is 2. The maximum Gasteiger partial charge on any atom is 0.269 e. The highest BCUT2D eigenvalue weighted by atomic mass is 35.5. The largest absolute Gasteiger partial charge is 0.457 e. The van der Waals surface area contributed by atoms with Crippen molar-refractivity contribution in [2.45, 2.75) is 6.92 Å². The lowest BCUT2D eigenvalue weighted by atomic mass is 10.1. The molecule has 2 N–H and O–H groups in total. The summed E-state index contributed by atoms with van der Waals surface area (Å²) in [5, 5.41) is 13.5. The lowest BCUT2D eigenvalue weighted by Gasteiger charge is -2.08. The topological polar surface area (TPSA) is 119 Å². The van der Waals surface area contributed by atoms with E-state index in [1.54, 1.807) is 42.5 Å². The standard InChI is InChI=1S/C22H17ClN6O3/c1-12-3-5-15(16(23)9-12)20(30)27-22-26-17-6-4-13(10-18(17)28-29-22)32-14-7-8-25-19(11-14)21(31)24-2/h3-11H,1-2H3,(H,24,31)(H,26,27,29,30). The Kier molecular flexibility index (Phi) is 5.91. The van der Waals surface area contributed by atoms with Crippen molar-refractivity contribution in [2.24, 2.45) is 0 Å². The molecule has 0 spiro atoms. The smallest absolute Gasteiger partial charge is 0.269 e. The van der Waals surface area contributed by atoms with Crippen molar-refractivity contribution in [2.75, 3.05) is 12.4 Å². The minimum absolute atomic E-state index is 0.0529. The average molecular weight is 449 g/mol. The summed E-state index contributed by atoms with van der Waals surface area (Å²) in [6, 6.07) is 13.3. The van der Waals surface area contributed by atoms with Gasteiger partial charge in [0, 0.05) is 25.4 Å². The maximum absolute atomic E-state index is 12.5. The summed E-state index contributed by atoms with van der Waals surface area (Å²) in [5.74, 6) is 0.229.